The molecular formula is C16H24N4OS. The lowest BCUT2D eigenvalue weighted by Crippen LogP contribution is -2.33. The first-order valence-corrected chi connectivity index (χ1v) is 8.71. The van der Waals surface area contributed by atoms with E-state index >= 15 is 0 Å². The first kappa shape index (κ1) is 15.5. The zero-order valence-electron chi connectivity index (χ0n) is 13.7. The molecule has 1 aliphatic heterocycles. The number of rotatable bonds is 3. The second-order valence-electron chi connectivity index (χ2n) is 6.64. The molecule has 120 valence electrons. The number of nitrogens with zero attached hydrogens (tertiary/aromatic N) is 3. The van der Waals surface area contributed by atoms with Gasteiger partial charge in [-0.15, -0.1) is 11.3 Å². The van der Waals surface area contributed by atoms with Gasteiger partial charge in [0.15, 0.2) is 0 Å². The van der Waals surface area contributed by atoms with Crippen LogP contribution in [0.1, 0.15) is 48.5 Å². The maximum atomic E-state index is 12.8. The number of fused-ring (bicyclic) bond motifs is 1. The van der Waals surface area contributed by atoms with Gasteiger partial charge in [0, 0.05) is 25.0 Å². The number of thiophene rings is 1. The third-order valence-electron chi connectivity index (χ3n) is 4.55. The predicted octanol–water partition coefficient (Wildman–Crippen LogP) is 2.57. The summed E-state index contributed by atoms with van der Waals surface area (Å²) in [5, 5.41) is 5.69. The van der Waals surface area contributed by atoms with Gasteiger partial charge in [-0.25, -0.2) is 0 Å². The van der Waals surface area contributed by atoms with Crippen molar-refractivity contribution in [3.63, 3.8) is 0 Å². The lowest BCUT2D eigenvalue weighted by Gasteiger charge is -2.20. The molecule has 0 spiro atoms. The molecule has 2 aromatic rings. The van der Waals surface area contributed by atoms with E-state index in [1.54, 1.807) is 11.3 Å². The highest BCUT2D eigenvalue weighted by atomic mass is 32.1. The van der Waals surface area contributed by atoms with Crippen molar-refractivity contribution in [3.8, 4) is 0 Å². The van der Waals surface area contributed by atoms with E-state index in [2.05, 4.69) is 25.9 Å². The minimum absolute atomic E-state index is 0.138. The van der Waals surface area contributed by atoms with Crippen LogP contribution in [0.2, 0.25) is 0 Å². The van der Waals surface area contributed by atoms with Crippen LogP contribution in [-0.2, 0) is 7.05 Å². The first-order chi connectivity index (χ1) is 10.4. The van der Waals surface area contributed by atoms with Crippen LogP contribution in [0, 0.1) is 5.92 Å². The summed E-state index contributed by atoms with van der Waals surface area (Å²) in [6.07, 6.45) is 1.01. The fraction of sp³-hybridized carbons (Fsp3) is 0.625. The number of carbonyl (C=O) groups is 1. The van der Waals surface area contributed by atoms with Gasteiger partial charge in [-0.3, -0.25) is 9.48 Å². The van der Waals surface area contributed by atoms with Gasteiger partial charge in [0.05, 0.1) is 10.6 Å². The summed E-state index contributed by atoms with van der Waals surface area (Å²) in [4.78, 5) is 16.7. The van der Waals surface area contributed by atoms with Gasteiger partial charge < -0.3 is 10.6 Å². The summed E-state index contributed by atoms with van der Waals surface area (Å²) in [6, 6.07) is 2.29. The molecule has 2 N–H and O–H groups in total. The van der Waals surface area contributed by atoms with Gasteiger partial charge in [-0.1, -0.05) is 13.8 Å². The molecule has 1 aliphatic rings. The molecule has 0 aromatic carbocycles. The van der Waals surface area contributed by atoms with E-state index in [9.17, 15) is 4.79 Å². The first-order valence-electron chi connectivity index (χ1n) is 7.89. The Hall–Kier alpha value is -1.40. The molecule has 1 fully saturated rings. The van der Waals surface area contributed by atoms with Crippen LogP contribution in [0.3, 0.4) is 0 Å². The molecular weight excluding hydrogens is 296 g/mol. The molecule has 0 radical (unpaired) electrons. The number of nitrogens with two attached hydrogens (primary N) is 1. The van der Waals surface area contributed by atoms with Crippen molar-refractivity contribution >= 4 is 27.5 Å². The lowest BCUT2D eigenvalue weighted by molar-refractivity contribution is 0.0748. The molecule has 2 unspecified atom stereocenters. The highest BCUT2D eigenvalue weighted by Gasteiger charge is 2.33. The summed E-state index contributed by atoms with van der Waals surface area (Å²) >= 11 is 1.55. The summed E-state index contributed by atoms with van der Waals surface area (Å²) < 4.78 is 1.89. The van der Waals surface area contributed by atoms with E-state index in [1.165, 1.54) is 0 Å². The number of likely N-dealkylation sites (tertiary alicyclic amines) is 1. The van der Waals surface area contributed by atoms with Crippen LogP contribution in [0.25, 0.3) is 10.2 Å². The Morgan fingerprint density at radius 2 is 2.27 bits per heavy atom. The average Bonchev–Trinajstić information content (AvgIpc) is 3.13. The van der Waals surface area contributed by atoms with E-state index < -0.39 is 0 Å². The number of aromatic nitrogens is 2. The van der Waals surface area contributed by atoms with Crippen LogP contribution in [0.4, 0.5) is 0 Å². The molecule has 1 saturated heterocycles. The van der Waals surface area contributed by atoms with Crippen LogP contribution < -0.4 is 5.73 Å². The maximum absolute atomic E-state index is 12.8. The Labute approximate surface area is 135 Å². The van der Waals surface area contributed by atoms with Gasteiger partial charge in [0.1, 0.15) is 4.83 Å². The van der Waals surface area contributed by atoms with Gasteiger partial charge >= 0.3 is 0 Å². The number of amides is 1. The molecule has 0 saturated carbocycles. The fourth-order valence-corrected chi connectivity index (χ4v) is 4.37. The molecule has 5 nitrogen and oxygen atoms in total. The van der Waals surface area contributed by atoms with E-state index in [0.717, 1.165) is 33.8 Å². The molecule has 2 aromatic heterocycles. The topological polar surface area (TPSA) is 64.2 Å². The molecule has 6 heteroatoms. The van der Waals surface area contributed by atoms with Crippen LogP contribution in [0.15, 0.2) is 6.07 Å². The van der Waals surface area contributed by atoms with Crippen LogP contribution in [-0.4, -0.2) is 39.7 Å². The Kier molecular flexibility index (Phi) is 3.99. The molecule has 22 heavy (non-hydrogen) atoms. The van der Waals surface area contributed by atoms with Gasteiger partial charge in [0.25, 0.3) is 5.91 Å². The molecule has 0 bridgehead atoms. The van der Waals surface area contributed by atoms with Gasteiger partial charge in [0.2, 0.25) is 0 Å². The molecule has 3 rings (SSSR count). The standard InChI is InChI=1S/C16H24N4OS/c1-9(2)14-12-6-13(22-16(12)19(4)18-14)15(21)20-8-11(7-17)5-10(20)3/h6,9-11H,5,7-8,17H2,1-4H3. The highest BCUT2D eigenvalue weighted by molar-refractivity contribution is 7.20. The average molecular weight is 320 g/mol. The predicted molar refractivity (Wildman–Crippen MR) is 90.3 cm³/mol. The molecule has 3 heterocycles. The Balaban J connectivity index is 1.93. The zero-order valence-corrected chi connectivity index (χ0v) is 14.5. The molecule has 2 atom stereocenters. The normalized spacial score (nSPS) is 22.2. The maximum Gasteiger partial charge on any atom is 0.264 e. The van der Waals surface area contributed by atoms with E-state index in [4.69, 9.17) is 5.73 Å². The van der Waals surface area contributed by atoms with Crippen LogP contribution >= 0.6 is 11.3 Å². The quantitative estimate of drug-likeness (QED) is 0.945. The van der Waals surface area contributed by atoms with Crippen molar-refractivity contribution in [2.75, 3.05) is 13.1 Å². The third-order valence-corrected chi connectivity index (χ3v) is 5.74. The van der Waals surface area contributed by atoms with E-state index in [1.807, 2.05) is 22.7 Å². The van der Waals surface area contributed by atoms with Gasteiger partial charge in [-0.05, 0) is 37.8 Å². The van der Waals surface area contributed by atoms with E-state index in [0.29, 0.717) is 18.4 Å². The molecule has 1 amide bonds. The number of hydrogen-bond donors (Lipinski definition) is 1. The Morgan fingerprint density at radius 1 is 1.55 bits per heavy atom. The minimum atomic E-state index is 0.138. The summed E-state index contributed by atoms with van der Waals surface area (Å²) in [6.45, 7) is 7.81. The second kappa shape index (κ2) is 5.66. The largest absolute Gasteiger partial charge is 0.335 e. The number of carbonyl (C=O) groups excluding carboxylic acids is 1. The summed E-state index contributed by atoms with van der Waals surface area (Å²) in [7, 11) is 1.95. The fourth-order valence-electron chi connectivity index (χ4n) is 3.34. The van der Waals surface area contributed by atoms with Gasteiger partial charge in [-0.2, -0.15) is 5.10 Å². The summed E-state index contributed by atoms with van der Waals surface area (Å²) in [5.41, 5.74) is 6.84. The van der Waals surface area contributed by atoms with Crippen molar-refractivity contribution in [1.29, 1.82) is 0 Å². The summed E-state index contributed by atoms with van der Waals surface area (Å²) in [5.74, 6) is 0.925. The van der Waals surface area contributed by atoms with Crippen molar-refractivity contribution in [2.45, 2.75) is 39.2 Å². The zero-order chi connectivity index (χ0) is 16.0. The minimum Gasteiger partial charge on any atom is -0.335 e. The SMILES string of the molecule is CC(C)c1nn(C)c2sc(C(=O)N3CC(CN)CC3C)cc12. The van der Waals surface area contributed by atoms with Crippen molar-refractivity contribution in [3.05, 3.63) is 16.6 Å². The van der Waals surface area contributed by atoms with Crippen molar-refractivity contribution in [1.82, 2.24) is 14.7 Å². The third kappa shape index (κ3) is 2.44. The second-order valence-corrected chi connectivity index (χ2v) is 7.67. The van der Waals surface area contributed by atoms with Crippen LogP contribution in [0.5, 0.6) is 0 Å². The Bertz CT molecular complexity index is 702. The van der Waals surface area contributed by atoms with Crippen molar-refractivity contribution < 1.29 is 4.79 Å². The van der Waals surface area contributed by atoms with E-state index in [-0.39, 0.29) is 11.9 Å². The smallest absolute Gasteiger partial charge is 0.264 e. The highest BCUT2D eigenvalue weighted by Crippen LogP contribution is 2.33. The molecule has 0 aliphatic carbocycles. The number of hydrogen-bond acceptors (Lipinski definition) is 4. The van der Waals surface area contributed by atoms with Crippen molar-refractivity contribution in [2.24, 2.45) is 18.7 Å². The number of aryl methyl sites for hydroxylation is 1. The lowest BCUT2D eigenvalue weighted by atomic mass is 10.1. The Morgan fingerprint density at radius 3 is 2.86 bits per heavy atom. The monoisotopic (exact) mass is 320 g/mol.